The summed E-state index contributed by atoms with van der Waals surface area (Å²) in [7, 11) is 2.06. The van der Waals surface area contributed by atoms with Gasteiger partial charge in [0.2, 0.25) is 0 Å². The van der Waals surface area contributed by atoms with Gasteiger partial charge in [-0.1, -0.05) is 5.16 Å². The highest BCUT2D eigenvalue weighted by Gasteiger charge is 2.18. The molecule has 0 aliphatic heterocycles. The largest absolute Gasteiger partial charge is 0.361 e. The summed E-state index contributed by atoms with van der Waals surface area (Å²) in [5.74, 6) is 0.830. The zero-order chi connectivity index (χ0) is 16.1. The van der Waals surface area contributed by atoms with Crippen LogP contribution in [0.1, 0.15) is 17.0 Å². The van der Waals surface area contributed by atoms with Crippen molar-refractivity contribution in [3.63, 3.8) is 0 Å². The van der Waals surface area contributed by atoms with Gasteiger partial charge in [0, 0.05) is 24.4 Å². The molecule has 0 saturated carbocycles. The molecule has 1 N–H and O–H groups in total. The summed E-state index contributed by atoms with van der Waals surface area (Å²) in [6.07, 6.45) is 3.81. The Labute approximate surface area is 134 Å². The fraction of sp³-hybridized carbons (Fsp3) is 0.222. The summed E-state index contributed by atoms with van der Waals surface area (Å²) in [4.78, 5) is 7.75. The van der Waals surface area contributed by atoms with Gasteiger partial charge in [0.1, 0.15) is 5.76 Å². The Hall–Kier alpha value is -2.82. The van der Waals surface area contributed by atoms with Gasteiger partial charge in [-0.05, 0) is 50.1 Å². The van der Waals surface area contributed by atoms with E-state index in [1.807, 2.05) is 13.8 Å². The number of hydrogen-bond acceptors (Lipinski definition) is 3. The second kappa shape index (κ2) is 4.84. The lowest BCUT2D eigenvalue weighted by molar-refractivity contribution is 0.393. The number of benzene rings is 1. The third kappa shape index (κ3) is 2.00. The minimum Gasteiger partial charge on any atom is -0.361 e. The molecule has 4 aromatic rings. The van der Waals surface area contributed by atoms with Crippen LogP contribution in [0.4, 0.5) is 0 Å². The lowest BCUT2D eigenvalue weighted by Gasteiger charge is -2.10. The molecule has 116 valence electrons. The Balaban J connectivity index is 2.07. The summed E-state index contributed by atoms with van der Waals surface area (Å²) in [5, 5.41) is 4.08. The van der Waals surface area contributed by atoms with Gasteiger partial charge in [0.05, 0.1) is 28.7 Å². The maximum Gasteiger partial charge on any atom is 0.141 e. The molecule has 0 fully saturated rings. The van der Waals surface area contributed by atoms with Crippen LogP contribution in [-0.4, -0.2) is 19.7 Å². The van der Waals surface area contributed by atoms with Gasteiger partial charge in [0.15, 0.2) is 0 Å². The zero-order valence-electron chi connectivity index (χ0n) is 13.6. The van der Waals surface area contributed by atoms with Gasteiger partial charge in [0.25, 0.3) is 0 Å². The van der Waals surface area contributed by atoms with E-state index in [0.29, 0.717) is 0 Å². The number of aryl methyl sites for hydroxylation is 4. The highest BCUT2D eigenvalue weighted by molar-refractivity contribution is 5.96. The molecule has 5 nitrogen and oxygen atoms in total. The van der Waals surface area contributed by atoms with Gasteiger partial charge in [-0.3, -0.25) is 0 Å². The molecular weight excluding hydrogens is 288 g/mol. The monoisotopic (exact) mass is 306 g/mol. The quantitative estimate of drug-likeness (QED) is 0.605. The van der Waals surface area contributed by atoms with Crippen molar-refractivity contribution in [2.45, 2.75) is 20.8 Å². The molecule has 0 spiro atoms. The van der Waals surface area contributed by atoms with Crippen LogP contribution in [0.25, 0.3) is 33.4 Å². The van der Waals surface area contributed by atoms with Gasteiger partial charge >= 0.3 is 0 Å². The van der Waals surface area contributed by atoms with E-state index in [1.165, 1.54) is 11.3 Å². The first kappa shape index (κ1) is 13.8. The van der Waals surface area contributed by atoms with Crippen molar-refractivity contribution in [2.24, 2.45) is 7.05 Å². The lowest BCUT2D eigenvalue weighted by Crippen LogP contribution is -1.94. The number of H-pyrrole nitrogens is 1. The maximum absolute atomic E-state index is 5.34. The third-order valence-electron chi connectivity index (χ3n) is 4.38. The van der Waals surface area contributed by atoms with Crippen molar-refractivity contribution < 1.29 is 4.52 Å². The highest BCUT2D eigenvalue weighted by Crippen LogP contribution is 2.36. The van der Waals surface area contributed by atoms with Gasteiger partial charge in [-0.15, -0.1) is 0 Å². The SMILES string of the molecule is Cc1ccn(C)c1-c1cc(-c2c(C)noc2C)cc2[nH]cnc12. The summed E-state index contributed by atoms with van der Waals surface area (Å²) in [6, 6.07) is 6.41. The Bertz CT molecular complexity index is 980. The zero-order valence-corrected chi connectivity index (χ0v) is 13.6. The van der Waals surface area contributed by atoms with Crippen LogP contribution in [0, 0.1) is 20.8 Å². The normalized spacial score (nSPS) is 11.5. The number of imidazole rings is 1. The third-order valence-corrected chi connectivity index (χ3v) is 4.38. The first-order chi connectivity index (χ1) is 11.1. The number of aromatic nitrogens is 4. The summed E-state index contributed by atoms with van der Waals surface area (Å²) < 4.78 is 7.48. The Kier molecular flexibility index (Phi) is 2.91. The molecule has 0 aliphatic rings. The van der Waals surface area contributed by atoms with E-state index in [9.17, 15) is 0 Å². The second-order valence-corrected chi connectivity index (χ2v) is 5.98. The van der Waals surface area contributed by atoms with Crippen molar-refractivity contribution >= 4 is 11.0 Å². The fourth-order valence-electron chi connectivity index (χ4n) is 3.33. The Morgan fingerprint density at radius 3 is 2.65 bits per heavy atom. The predicted molar refractivity (Wildman–Crippen MR) is 90.2 cm³/mol. The predicted octanol–water partition coefficient (Wildman–Crippen LogP) is 4.15. The minimum absolute atomic E-state index is 0.830. The van der Waals surface area contributed by atoms with Crippen LogP contribution in [0.15, 0.2) is 35.2 Å². The number of rotatable bonds is 2. The van der Waals surface area contributed by atoms with Crippen LogP contribution in [0.5, 0.6) is 0 Å². The van der Waals surface area contributed by atoms with Crippen LogP contribution >= 0.6 is 0 Å². The number of nitrogens with zero attached hydrogens (tertiary/aromatic N) is 3. The van der Waals surface area contributed by atoms with Crippen LogP contribution in [0.2, 0.25) is 0 Å². The van der Waals surface area contributed by atoms with Gasteiger partial charge in [-0.2, -0.15) is 0 Å². The van der Waals surface area contributed by atoms with E-state index in [-0.39, 0.29) is 0 Å². The van der Waals surface area contributed by atoms with E-state index in [1.54, 1.807) is 6.33 Å². The number of aromatic amines is 1. The van der Waals surface area contributed by atoms with E-state index < -0.39 is 0 Å². The summed E-state index contributed by atoms with van der Waals surface area (Å²) >= 11 is 0. The van der Waals surface area contributed by atoms with E-state index in [2.05, 4.69) is 58.1 Å². The average molecular weight is 306 g/mol. The topological polar surface area (TPSA) is 59.6 Å². The van der Waals surface area contributed by atoms with Crippen molar-refractivity contribution in [1.29, 1.82) is 0 Å². The molecule has 0 unspecified atom stereocenters. The average Bonchev–Trinajstić information content (AvgIpc) is 3.19. The van der Waals surface area contributed by atoms with Crippen molar-refractivity contribution in [3.05, 3.63) is 47.7 Å². The van der Waals surface area contributed by atoms with Crippen LogP contribution in [-0.2, 0) is 7.05 Å². The molecule has 1 aromatic carbocycles. The molecule has 0 amide bonds. The Morgan fingerprint density at radius 2 is 2.00 bits per heavy atom. The summed E-state index contributed by atoms with van der Waals surface area (Å²) in [5.41, 5.74) is 8.55. The molecule has 0 bridgehead atoms. The van der Waals surface area contributed by atoms with E-state index in [0.717, 1.165) is 39.2 Å². The number of fused-ring (bicyclic) bond motifs is 1. The van der Waals surface area contributed by atoms with Crippen molar-refractivity contribution in [3.8, 4) is 22.4 Å². The lowest BCUT2D eigenvalue weighted by atomic mass is 9.98. The molecule has 0 aliphatic carbocycles. The molecule has 0 radical (unpaired) electrons. The molecule has 0 saturated heterocycles. The van der Waals surface area contributed by atoms with Crippen molar-refractivity contribution in [2.75, 3.05) is 0 Å². The van der Waals surface area contributed by atoms with E-state index in [4.69, 9.17) is 4.52 Å². The van der Waals surface area contributed by atoms with Gasteiger partial charge in [-0.25, -0.2) is 4.98 Å². The second-order valence-electron chi connectivity index (χ2n) is 5.98. The minimum atomic E-state index is 0.830. The molecule has 5 heteroatoms. The first-order valence-corrected chi connectivity index (χ1v) is 7.59. The smallest absolute Gasteiger partial charge is 0.141 e. The summed E-state index contributed by atoms with van der Waals surface area (Å²) in [6.45, 7) is 6.03. The number of hydrogen-bond donors (Lipinski definition) is 1. The maximum atomic E-state index is 5.34. The highest BCUT2D eigenvalue weighted by atomic mass is 16.5. The van der Waals surface area contributed by atoms with E-state index >= 15 is 0 Å². The van der Waals surface area contributed by atoms with Crippen molar-refractivity contribution in [1.82, 2.24) is 19.7 Å². The number of nitrogens with one attached hydrogen (secondary N) is 1. The Morgan fingerprint density at radius 1 is 1.17 bits per heavy atom. The standard InChI is InChI=1S/C18H18N4O/c1-10-5-6-22(4)18(10)14-7-13(8-15-17(14)20-9-19-15)16-11(2)21-23-12(16)3/h5-9H,1-4H3,(H,19,20). The first-order valence-electron chi connectivity index (χ1n) is 7.59. The fourth-order valence-corrected chi connectivity index (χ4v) is 3.33. The van der Waals surface area contributed by atoms with Crippen LogP contribution in [0.3, 0.4) is 0 Å². The molecule has 3 aromatic heterocycles. The molecule has 3 heterocycles. The molecule has 4 rings (SSSR count). The van der Waals surface area contributed by atoms with Crippen LogP contribution < -0.4 is 0 Å². The molecule has 0 atom stereocenters. The van der Waals surface area contributed by atoms with Gasteiger partial charge < -0.3 is 14.1 Å². The molecular formula is C18H18N4O. The molecule has 23 heavy (non-hydrogen) atoms.